The molecule has 0 spiro atoms. The third kappa shape index (κ3) is 4.60. The number of nitrogens with zero attached hydrogens (tertiary/aromatic N) is 3. The molecule has 9 nitrogen and oxygen atoms in total. The molecule has 0 saturated carbocycles. The van der Waals surface area contributed by atoms with Crippen LogP contribution in [0.3, 0.4) is 0 Å². The van der Waals surface area contributed by atoms with Gasteiger partial charge in [0.1, 0.15) is 11.6 Å². The molecule has 2 aliphatic rings. The molecule has 2 fully saturated rings. The molecule has 1 aromatic carbocycles. The Labute approximate surface area is 199 Å². The van der Waals surface area contributed by atoms with E-state index in [1.165, 1.54) is 4.57 Å². The highest BCUT2D eigenvalue weighted by Crippen LogP contribution is 2.32. The number of hydrogen-bond acceptors (Lipinski definition) is 6. The van der Waals surface area contributed by atoms with Gasteiger partial charge in [-0.3, -0.25) is 28.8 Å². The van der Waals surface area contributed by atoms with Crippen molar-refractivity contribution in [3.8, 4) is 0 Å². The van der Waals surface area contributed by atoms with Gasteiger partial charge in [-0.1, -0.05) is 6.92 Å². The van der Waals surface area contributed by atoms with Crippen LogP contribution < -0.4 is 15.9 Å². The highest BCUT2D eigenvalue weighted by atomic mass is 16.6. The Hall–Kier alpha value is -3.10. The average molecular weight is 471 g/mol. The minimum Gasteiger partial charge on any atom is -0.460 e. The molecule has 1 aromatic heterocycles. The Morgan fingerprint density at radius 1 is 1.09 bits per heavy atom. The predicted octanol–water partition coefficient (Wildman–Crippen LogP) is 2.51. The number of anilines is 1. The standard InChI is InChI=1S/C25H34N4O5/c1-15(23(32)34-25(2,3)4)16-10-12-28(13-11-16)17-6-7-18-20(14-17)27(5)24(33)29(18)19-8-9-21(30)26-22(19)31/h6-7,14-16,19H,8-13H2,1-5H3,(H,26,30,31)/t15-,19?/m1/s1. The van der Waals surface area contributed by atoms with E-state index in [4.69, 9.17) is 4.74 Å². The Morgan fingerprint density at radius 3 is 2.38 bits per heavy atom. The number of rotatable bonds is 4. The molecule has 34 heavy (non-hydrogen) atoms. The molecule has 9 heteroatoms. The number of imidazole rings is 1. The molecule has 2 saturated heterocycles. The maximum atomic E-state index is 13.0. The predicted molar refractivity (Wildman–Crippen MR) is 129 cm³/mol. The fraction of sp³-hybridized carbons (Fsp3) is 0.600. The highest BCUT2D eigenvalue weighted by Gasteiger charge is 2.33. The van der Waals surface area contributed by atoms with Gasteiger partial charge in [0.15, 0.2) is 0 Å². The van der Waals surface area contributed by atoms with Crippen LogP contribution in [0.2, 0.25) is 0 Å². The van der Waals surface area contributed by atoms with Crippen LogP contribution in [-0.4, -0.2) is 45.6 Å². The van der Waals surface area contributed by atoms with E-state index in [9.17, 15) is 19.2 Å². The molecule has 2 atom stereocenters. The smallest absolute Gasteiger partial charge is 0.329 e. The van der Waals surface area contributed by atoms with Gasteiger partial charge in [0.25, 0.3) is 0 Å². The van der Waals surface area contributed by atoms with Crippen molar-refractivity contribution in [1.29, 1.82) is 0 Å². The minimum atomic E-state index is -0.690. The molecule has 1 N–H and O–H groups in total. The quantitative estimate of drug-likeness (QED) is 0.544. The number of fused-ring (bicyclic) bond motifs is 1. The van der Waals surface area contributed by atoms with Crippen LogP contribution in [0.1, 0.15) is 59.4 Å². The molecule has 2 aromatic rings. The Morgan fingerprint density at radius 2 is 1.76 bits per heavy atom. The maximum absolute atomic E-state index is 13.0. The van der Waals surface area contributed by atoms with Crippen LogP contribution in [0, 0.1) is 11.8 Å². The number of hydrogen-bond donors (Lipinski definition) is 1. The summed E-state index contributed by atoms with van der Waals surface area (Å²) in [5.74, 6) is -0.755. The van der Waals surface area contributed by atoms with Crippen molar-refractivity contribution in [2.24, 2.45) is 18.9 Å². The summed E-state index contributed by atoms with van der Waals surface area (Å²) in [6, 6.07) is 5.15. The number of aromatic nitrogens is 2. The van der Waals surface area contributed by atoms with Crippen molar-refractivity contribution in [2.45, 2.75) is 65.0 Å². The number of amides is 2. The van der Waals surface area contributed by atoms with E-state index in [1.807, 2.05) is 45.9 Å². The van der Waals surface area contributed by atoms with Gasteiger partial charge in [0.2, 0.25) is 11.8 Å². The SMILES string of the molecule is C[C@@H](C(=O)OC(C)(C)C)C1CCN(c2ccc3c(c2)n(C)c(=O)n3C2CCC(=O)NC2=O)CC1. The van der Waals surface area contributed by atoms with Gasteiger partial charge in [-0.05, 0) is 64.2 Å². The van der Waals surface area contributed by atoms with Crippen LogP contribution in [0.15, 0.2) is 23.0 Å². The summed E-state index contributed by atoms with van der Waals surface area (Å²) in [6.45, 7) is 9.23. The third-order valence-electron chi connectivity index (χ3n) is 6.99. The fourth-order valence-electron chi connectivity index (χ4n) is 5.02. The van der Waals surface area contributed by atoms with Gasteiger partial charge >= 0.3 is 11.7 Å². The number of esters is 1. The Balaban J connectivity index is 1.51. The van der Waals surface area contributed by atoms with Gasteiger partial charge in [-0.2, -0.15) is 0 Å². The van der Waals surface area contributed by atoms with Crippen LogP contribution >= 0.6 is 0 Å². The lowest BCUT2D eigenvalue weighted by atomic mass is 9.85. The number of carbonyl (C=O) groups excluding carboxylic acids is 3. The monoisotopic (exact) mass is 470 g/mol. The summed E-state index contributed by atoms with van der Waals surface area (Å²) >= 11 is 0. The summed E-state index contributed by atoms with van der Waals surface area (Å²) < 4.78 is 8.62. The Kier molecular flexibility index (Phi) is 6.31. The first-order valence-electron chi connectivity index (χ1n) is 12.0. The van der Waals surface area contributed by atoms with Gasteiger partial charge in [0.05, 0.1) is 17.0 Å². The first kappa shape index (κ1) is 24.0. The van der Waals surface area contributed by atoms with Gasteiger partial charge in [0, 0.05) is 32.2 Å². The lowest BCUT2D eigenvalue weighted by Gasteiger charge is -2.36. The summed E-state index contributed by atoms with van der Waals surface area (Å²) in [4.78, 5) is 51.7. The lowest BCUT2D eigenvalue weighted by molar-refractivity contribution is -0.161. The zero-order valence-electron chi connectivity index (χ0n) is 20.6. The molecule has 1 unspecified atom stereocenters. The number of imide groups is 1. The van der Waals surface area contributed by atoms with E-state index in [0.717, 1.165) is 37.1 Å². The number of benzene rings is 1. The van der Waals surface area contributed by atoms with Crippen LogP contribution in [0.5, 0.6) is 0 Å². The molecule has 4 rings (SSSR count). The van der Waals surface area contributed by atoms with E-state index in [0.29, 0.717) is 11.9 Å². The topological polar surface area (TPSA) is 103 Å². The zero-order chi connectivity index (χ0) is 24.8. The summed E-state index contributed by atoms with van der Waals surface area (Å²) in [5, 5.41) is 2.34. The lowest BCUT2D eigenvalue weighted by Crippen LogP contribution is -2.44. The summed E-state index contributed by atoms with van der Waals surface area (Å²) in [6.07, 6.45) is 2.30. The molecular formula is C25H34N4O5. The second-order valence-electron chi connectivity index (χ2n) is 10.5. The minimum absolute atomic E-state index is 0.142. The normalized spacial score (nSPS) is 21.0. The first-order chi connectivity index (χ1) is 16.0. The van der Waals surface area contributed by atoms with Gasteiger partial charge in [-0.25, -0.2) is 4.79 Å². The maximum Gasteiger partial charge on any atom is 0.329 e. The fourth-order valence-corrected chi connectivity index (χ4v) is 5.02. The van der Waals surface area contributed by atoms with E-state index in [-0.39, 0.29) is 35.8 Å². The molecule has 184 valence electrons. The van der Waals surface area contributed by atoms with Crippen molar-refractivity contribution in [3.05, 3.63) is 28.7 Å². The van der Waals surface area contributed by atoms with Crippen molar-refractivity contribution < 1.29 is 19.1 Å². The number of carbonyl (C=O) groups is 3. The van der Waals surface area contributed by atoms with Gasteiger partial charge < -0.3 is 9.64 Å². The molecule has 0 radical (unpaired) electrons. The number of aryl methyl sites for hydroxylation is 1. The molecule has 0 aliphatic carbocycles. The summed E-state index contributed by atoms with van der Waals surface area (Å²) in [5.41, 5.74) is 1.68. The van der Waals surface area contributed by atoms with Crippen LogP contribution in [0.4, 0.5) is 5.69 Å². The third-order valence-corrected chi connectivity index (χ3v) is 6.99. The first-order valence-corrected chi connectivity index (χ1v) is 12.0. The van der Waals surface area contributed by atoms with Crippen molar-refractivity contribution in [2.75, 3.05) is 18.0 Å². The largest absolute Gasteiger partial charge is 0.460 e. The van der Waals surface area contributed by atoms with Crippen molar-refractivity contribution >= 4 is 34.5 Å². The van der Waals surface area contributed by atoms with Crippen LogP contribution in [0.25, 0.3) is 11.0 Å². The van der Waals surface area contributed by atoms with E-state index in [1.54, 1.807) is 11.6 Å². The van der Waals surface area contributed by atoms with Crippen molar-refractivity contribution in [3.63, 3.8) is 0 Å². The Bertz CT molecular complexity index is 1180. The van der Waals surface area contributed by atoms with E-state index < -0.39 is 17.6 Å². The van der Waals surface area contributed by atoms with E-state index >= 15 is 0 Å². The molecule has 2 aliphatic heterocycles. The number of piperidine rings is 2. The molecule has 2 amide bonds. The van der Waals surface area contributed by atoms with E-state index in [2.05, 4.69) is 10.2 Å². The molecule has 3 heterocycles. The van der Waals surface area contributed by atoms with Crippen LogP contribution in [-0.2, 0) is 26.2 Å². The zero-order valence-corrected chi connectivity index (χ0v) is 20.6. The second-order valence-corrected chi connectivity index (χ2v) is 10.5. The number of nitrogens with one attached hydrogen (secondary N) is 1. The average Bonchev–Trinajstić information content (AvgIpc) is 3.02. The highest BCUT2D eigenvalue weighted by molar-refractivity contribution is 6.00. The summed E-state index contributed by atoms with van der Waals surface area (Å²) in [7, 11) is 1.70. The molecular weight excluding hydrogens is 436 g/mol. The van der Waals surface area contributed by atoms with Gasteiger partial charge in [-0.15, -0.1) is 0 Å². The number of ether oxygens (including phenoxy) is 1. The van der Waals surface area contributed by atoms with Crippen molar-refractivity contribution in [1.82, 2.24) is 14.5 Å². The second kappa shape index (κ2) is 8.92. The molecule has 0 bridgehead atoms.